The first-order valence-corrected chi connectivity index (χ1v) is 9.67. The molecule has 0 aliphatic rings. The van der Waals surface area contributed by atoms with Crippen LogP contribution in [0.25, 0.3) is 0 Å². The van der Waals surface area contributed by atoms with Crippen molar-refractivity contribution in [1.29, 1.82) is 0 Å². The Labute approximate surface area is 171 Å². The number of hydrogen-bond donors (Lipinski definition) is 1. The highest BCUT2D eigenvalue weighted by molar-refractivity contribution is 6.04. The third-order valence-electron chi connectivity index (χ3n) is 4.18. The first kappa shape index (κ1) is 20.3. The third kappa shape index (κ3) is 5.75. The number of ether oxygens (including phenoxy) is 3. The molecule has 0 saturated carbocycles. The van der Waals surface area contributed by atoms with Gasteiger partial charge in [-0.1, -0.05) is 18.2 Å². The number of hydrogen-bond acceptors (Lipinski definition) is 4. The standard InChI is InChI=1S/C24H25NO4/c1-3-27-22-13-11-20(12-14-22)25-24(26)18-10-15-23(28-4-2)19(16-18)17-29-21-8-6-5-7-9-21/h5-16H,3-4,17H2,1-2H3,(H,25,26). The molecule has 5 heteroatoms. The van der Waals surface area contributed by atoms with Gasteiger partial charge in [-0.3, -0.25) is 4.79 Å². The van der Waals surface area contributed by atoms with Crippen LogP contribution < -0.4 is 19.5 Å². The van der Waals surface area contributed by atoms with Crippen LogP contribution in [0, 0.1) is 0 Å². The largest absolute Gasteiger partial charge is 0.494 e. The molecular formula is C24H25NO4. The van der Waals surface area contributed by atoms with E-state index in [0.29, 0.717) is 36.8 Å². The highest BCUT2D eigenvalue weighted by atomic mass is 16.5. The fraction of sp³-hybridized carbons (Fsp3) is 0.208. The van der Waals surface area contributed by atoms with Gasteiger partial charge in [0.25, 0.3) is 5.91 Å². The van der Waals surface area contributed by atoms with Gasteiger partial charge in [0.05, 0.1) is 13.2 Å². The van der Waals surface area contributed by atoms with Crippen molar-refractivity contribution in [2.45, 2.75) is 20.5 Å². The summed E-state index contributed by atoms with van der Waals surface area (Å²) in [5.41, 5.74) is 2.05. The Bertz CT molecular complexity index is 923. The van der Waals surface area contributed by atoms with E-state index in [4.69, 9.17) is 14.2 Å². The zero-order valence-corrected chi connectivity index (χ0v) is 16.7. The van der Waals surface area contributed by atoms with Crippen LogP contribution in [0.3, 0.4) is 0 Å². The minimum atomic E-state index is -0.196. The molecule has 1 amide bonds. The summed E-state index contributed by atoms with van der Waals surface area (Å²) >= 11 is 0. The van der Waals surface area contributed by atoms with Crippen LogP contribution in [0.2, 0.25) is 0 Å². The molecule has 0 saturated heterocycles. The summed E-state index contributed by atoms with van der Waals surface area (Å²) in [5, 5.41) is 2.90. The molecule has 1 N–H and O–H groups in total. The maximum Gasteiger partial charge on any atom is 0.255 e. The van der Waals surface area contributed by atoms with E-state index in [2.05, 4.69) is 5.32 Å². The molecule has 29 heavy (non-hydrogen) atoms. The van der Waals surface area contributed by atoms with E-state index in [9.17, 15) is 4.79 Å². The number of amides is 1. The Morgan fingerprint density at radius 3 is 2.17 bits per heavy atom. The lowest BCUT2D eigenvalue weighted by Crippen LogP contribution is -2.13. The second kappa shape index (κ2) is 10.2. The number of anilines is 1. The lowest BCUT2D eigenvalue weighted by atomic mass is 10.1. The first-order valence-electron chi connectivity index (χ1n) is 9.67. The van der Waals surface area contributed by atoms with E-state index in [1.54, 1.807) is 18.2 Å². The Morgan fingerprint density at radius 1 is 0.793 bits per heavy atom. The molecule has 150 valence electrons. The van der Waals surface area contributed by atoms with Gasteiger partial charge in [-0.05, 0) is 68.4 Å². The summed E-state index contributed by atoms with van der Waals surface area (Å²) in [6, 6.07) is 22.2. The van der Waals surface area contributed by atoms with Crippen molar-refractivity contribution >= 4 is 11.6 Å². The number of rotatable bonds is 9. The number of carbonyl (C=O) groups is 1. The zero-order valence-electron chi connectivity index (χ0n) is 16.7. The summed E-state index contributed by atoms with van der Waals surface area (Å²) in [6.07, 6.45) is 0. The van der Waals surface area contributed by atoms with Crippen LogP contribution in [0.1, 0.15) is 29.8 Å². The topological polar surface area (TPSA) is 56.8 Å². The normalized spacial score (nSPS) is 10.3. The molecule has 3 rings (SSSR count). The Hall–Kier alpha value is -3.47. The van der Waals surface area contributed by atoms with Crippen LogP contribution in [0.5, 0.6) is 17.2 Å². The van der Waals surface area contributed by atoms with Gasteiger partial charge in [0.1, 0.15) is 23.9 Å². The Kier molecular flexibility index (Phi) is 7.11. The van der Waals surface area contributed by atoms with Crippen molar-refractivity contribution < 1.29 is 19.0 Å². The van der Waals surface area contributed by atoms with Crippen molar-refractivity contribution in [3.63, 3.8) is 0 Å². The highest BCUT2D eigenvalue weighted by Crippen LogP contribution is 2.24. The first-order chi connectivity index (χ1) is 14.2. The lowest BCUT2D eigenvalue weighted by Gasteiger charge is -2.13. The van der Waals surface area contributed by atoms with E-state index >= 15 is 0 Å². The van der Waals surface area contributed by atoms with E-state index in [1.807, 2.05) is 68.4 Å². The minimum Gasteiger partial charge on any atom is -0.494 e. The number of para-hydroxylation sites is 1. The second-order valence-corrected chi connectivity index (χ2v) is 6.27. The zero-order chi connectivity index (χ0) is 20.5. The average Bonchev–Trinajstić information content (AvgIpc) is 2.75. The summed E-state index contributed by atoms with van der Waals surface area (Å²) < 4.78 is 17.0. The number of carbonyl (C=O) groups excluding carboxylic acids is 1. The molecule has 0 radical (unpaired) electrons. The van der Waals surface area contributed by atoms with Crippen LogP contribution in [0.15, 0.2) is 72.8 Å². The molecule has 0 spiro atoms. The van der Waals surface area contributed by atoms with Crippen molar-refractivity contribution in [3.8, 4) is 17.2 Å². The Balaban J connectivity index is 1.73. The molecule has 0 heterocycles. The predicted molar refractivity (Wildman–Crippen MR) is 114 cm³/mol. The maximum atomic E-state index is 12.7. The molecule has 0 aromatic heterocycles. The molecular weight excluding hydrogens is 366 g/mol. The van der Waals surface area contributed by atoms with Crippen molar-refractivity contribution in [2.24, 2.45) is 0 Å². The minimum absolute atomic E-state index is 0.196. The van der Waals surface area contributed by atoms with E-state index in [-0.39, 0.29) is 5.91 Å². The van der Waals surface area contributed by atoms with E-state index < -0.39 is 0 Å². The van der Waals surface area contributed by atoms with Gasteiger partial charge >= 0.3 is 0 Å². The molecule has 0 unspecified atom stereocenters. The van der Waals surface area contributed by atoms with E-state index in [1.165, 1.54) is 0 Å². The van der Waals surface area contributed by atoms with Gasteiger partial charge in [0, 0.05) is 16.8 Å². The van der Waals surface area contributed by atoms with Crippen LogP contribution >= 0.6 is 0 Å². The molecule has 0 aliphatic carbocycles. The molecule has 3 aromatic carbocycles. The summed E-state index contributed by atoms with van der Waals surface area (Å²) in [4.78, 5) is 12.7. The van der Waals surface area contributed by atoms with Gasteiger partial charge in [0.15, 0.2) is 0 Å². The van der Waals surface area contributed by atoms with Crippen molar-refractivity contribution in [3.05, 3.63) is 83.9 Å². The van der Waals surface area contributed by atoms with Gasteiger partial charge < -0.3 is 19.5 Å². The SMILES string of the molecule is CCOc1ccc(NC(=O)c2ccc(OCC)c(COc3ccccc3)c2)cc1. The van der Waals surface area contributed by atoms with E-state index in [0.717, 1.165) is 17.1 Å². The molecule has 3 aromatic rings. The molecule has 0 bridgehead atoms. The summed E-state index contributed by atoms with van der Waals surface area (Å²) in [7, 11) is 0. The molecule has 0 fully saturated rings. The molecule has 5 nitrogen and oxygen atoms in total. The lowest BCUT2D eigenvalue weighted by molar-refractivity contribution is 0.102. The molecule has 0 aliphatic heterocycles. The van der Waals surface area contributed by atoms with Gasteiger partial charge in [0.2, 0.25) is 0 Å². The fourth-order valence-electron chi connectivity index (χ4n) is 2.81. The maximum absolute atomic E-state index is 12.7. The van der Waals surface area contributed by atoms with Gasteiger partial charge in [-0.25, -0.2) is 0 Å². The second-order valence-electron chi connectivity index (χ2n) is 6.27. The van der Waals surface area contributed by atoms with Gasteiger partial charge in [-0.15, -0.1) is 0 Å². The average molecular weight is 391 g/mol. The van der Waals surface area contributed by atoms with Crippen LogP contribution in [-0.4, -0.2) is 19.1 Å². The quantitative estimate of drug-likeness (QED) is 0.537. The highest BCUT2D eigenvalue weighted by Gasteiger charge is 2.12. The monoisotopic (exact) mass is 391 g/mol. The van der Waals surface area contributed by atoms with Crippen molar-refractivity contribution in [1.82, 2.24) is 0 Å². The Morgan fingerprint density at radius 2 is 1.48 bits per heavy atom. The van der Waals surface area contributed by atoms with Crippen molar-refractivity contribution in [2.75, 3.05) is 18.5 Å². The summed E-state index contributed by atoms with van der Waals surface area (Å²) in [6.45, 7) is 5.31. The number of benzene rings is 3. The fourth-order valence-corrected chi connectivity index (χ4v) is 2.81. The number of nitrogens with one attached hydrogen (secondary N) is 1. The third-order valence-corrected chi connectivity index (χ3v) is 4.18. The van der Waals surface area contributed by atoms with Crippen LogP contribution in [0.4, 0.5) is 5.69 Å². The smallest absolute Gasteiger partial charge is 0.255 e. The predicted octanol–water partition coefficient (Wildman–Crippen LogP) is 5.32. The van der Waals surface area contributed by atoms with Gasteiger partial charge in [-0.2, -0.15) is 0 Å². The summed E-state index contributed by atoms with van der Waals surface area (Å²) in [5.74, 6) is 2.05. The van der Waals surface area contributed by atoms with Crippen LogP contribution in [-0.2, 0) is 6.61 Å². The molecule has 0 atom stereocenters.